The van der Waals surface area contributed by atoms with Crippen molar-refractivity contribution in [3.63, 3.8) is 0 Å². The molecule has 90 valence electrons. The van der Waals surface area contributed by atoms with Gasteiger partial charge in [-0.1, -0.05) is 0 Å². The number of nitrogens with one attached hydrogen (secondary N) is 1. The van der Waals surface area contributed by atoms with Gasteiger partial charge in [0.05, 0.1) is 5.52 Å². The number of fused-ring (bicyclic) bond motifs is 1. The molecular formula is C13H13N5. The number of pyridine rings is 1. The zero-order valence-corrected chi connectivity index (χ0v) is 9.94. The second-order valence-electron chi connectivity index (χ2n) is 4.27. The molecule has 0 fully saturated rings. The molecule has 5 N–H and O–H groups in total. The SMILES string of the molecule is Cc1cc(N)ccc1-c1nc2nc(N)ccc2[nH]1. The van der Waals surface area contributed by atoms with Crippen molar-refractivity contribution in [2.75, 3.05) is 11.5 Å². The van der Waals surface area contributed by atoms with E-state index in [-0.39, 0.29) is 0 Å². The largest absolute Gasteiger partial charge is 0.399 e. The van der Waals surface area contributed by atoms with Crippen molar-refractivity contribution in [3.8, 4) is 11.4 Å². The van der Waals surface area contributed by atoms with Crippen molar-refractivity contribution >= 4 is 22.7 Å². The van der Waals surface area contributed by atoms with Crippen LogP contribution in [-0.2, 0) is 0 Å². The highest BCUT2D eigenvalue weighted by Crippen LogP contribution is 2.24. The number of hydrogen-bond donors (Lipinski definition) is 3. The van der Waals surface area contributed by atoms with Gasteiger partial charge in [0.2, 0.25) is 0 Å². The number of aromatic nitrogens is 3. The fraction of sp³-hybridized carbons (Fsp3) is 0.0769. The Balaban J connectivity index is 2.19. The van der Waals surface area contributed by atoms with Crippen LogP contribution >= 0.6 is 0 Å². The lowest BCUT2D eigenvalue weighted by Gasteiger charge is -2.02. The molecule has 1 aromatic carbocycles. The van der Waals surface area contributed by atoms with Gasteiger partial charge in [0.15, 0.2) is 5.65 Å². The number of aromatic amines is 1. The molecule has 0 saturated heterocycles. The molecule has 0 aliphatic carbocycles. The van der Waals surface area contributed by atoms with Gasteiger partial charge in [-0.15, -0.1) is 0 Å². The van der Waals surface area contributed by atoms with E-state index in [0.717, 1.165) is 28.2 Å². The maximum Gasteiger partial charge on any atom is 0.180 e. The van der Waals surface area contributed by atoms with Gasteiger partial charge < -0.3 is 16.5 Å². The van der Waals surface area contributed by atoms with Crippen LogP contribution < -0.4 is 11.5 Å². The number of hydrogen-bond acceptors (Lipinski definition) is 4. The zero-order valence-electron chi connectivity index (χ0n) is 9.94. The van der Waals surface area contributed by atoms with E-state index >= 15 is 0 Å². The third-order valence-electron chi connectivity index (χ3n) is 2.87. The summed E-state index contributed by atoms with van der Waals surface area (Å²) in [5.41, 5.74) is 15.7. The lowest BCUT2D eigenvalue weighted by molar-refractivity contribution is 1.29. The van der Waals surface area contributed by atoms with Crippen molar-refractivity contribution in [2.45, 2.75) is 6.92 Å². The Hall–Kier alpha value is -2.56. The lowest BCUT2D eigenvalue weighted by Crippen LogP contribution is -1.90. The predicted octanol–water partition coefficient (Wildman–Crippen LogP) is 2.10. The Labute approximate surface area is 104 Å². The minimum absolute atomic E-state index is 0.467. The summed E-state index contributed by atoms with van der Waals surface area (Å²) in [6.07, 6.45) is 0. The van der Waals surface area contributed by atoms with E-state index in [2.05, 4.69) is 15.0 Å². The van der Waals surface area contributed by atoms with Crippen molar-refractivity contribution in [3.05, 3.63) is 35.9 Å². The summed E-state index contributed by atoms with van der Waals surface area (Å²) in [5, 5.41) is 0. The van der Waals surface area contributed by atoms with E-state index in [4.69, 9.17) is 11.5 Å². The molecule has 3 aromatic rings. The van der Waals surface area contributed by atoms with Crippen molar-refractivity contribution in [2.24, 2.45) is 0 Å². The number of benzene rings is 1. The molecule has 2 aromatic heterocycles. The van der Waals surface area contributed by atoms with Gasteiger partial charge in [-0.2, -0.15) is 0 Å². The number of imidazole rings is 1. The first-order valence-corrected chi connectivity index (χ1v) is 5.62. The fourth-order valence-electron chi connectivity index (χ4n) is 1.99. The van der Waals surface area contributed by atoms with E-state index in [0.29, 0.717) is 11.5 Å². The normalized spacial score (nSPS) is 10.9. The maximum atomic E-state index is 5.74. The Morgan fingerprint density at radius 3 is 2.67 bits per heavy atom. The molecule has 3 rings (SSSR count). The quantitative estimate of drug-likeness (QED) is 0.567. The molecule has 0 radical (unpaired) electrons. The highest BCUT2D eigenvalue weighted by Gasteiger charge is 2.08. The topological polar surface area (TPSA) is 93.6 Å². The summed E-state index contributed by atoms with van der Waals surface area (Å²) in [6.45, 7) is 2.00. The van der Waals surface area contributed by atoms with E-state index in [1.165, 1.54) is 0 Å². The molecule has 0 unspecified atom stereocenters. The molecule has 0 aliphatic rings. The molecule has 2 heterocycles. The molecule has 0 atom stereocenters. The van der Waals surface area contributed by atoms with Crippen LogP contribution in [0.25, 0.3) is 22.6 Å². The fourth-order valence-corrected chi connectivity index (χ4v) is 1.99. The van der Waals surface area contributed by atoms with Gasteiger partial charge in [-0.05, 0) is 42.8 Å². The highest BCUT2D eigenvalue weighted by molar-refractivity contribution is 5.78. The average Bonchev–Trinajstić information content (AvgIpc) is 2.71. The molecule has 0 saturated carbocycles. The Bertz CT molecular complexity index is 729. The maximum absolute atomic E-state index is 5.74. The van der Waals surface area contributed by atoms with E-state index < -0.39 is 0 Å². The van der Waals surface area contributed by atoms with E-state index in [1.54, 1.807) is 6.07 Å². The summed E-state index contributed by atoms with van der Waals surface area (Å²) in [6, 6.07) is 9.36. The van der Waals surface area contributed by atoms with Gasteiger partial charge in [-0.25, -0.2) is 9.97 Å². The van der Waals surface area contributed by atoms with Crippen LogP contribution in [0, 0.1) is 6.92 Å². The summed E-state index contributed by atoms with van der Waals surface area (Å²) < 4.78 is 0. The Kier molecular flexibility index (Phi) is 2.19. The van der Waals surface area contributed by atoms with Gasteiger partial charge in [-0.3, -0.25) is 0 Å². The monoisotopic (exact) mass is 239 g/mol. The summed E-state index contributed by atoms with van der Waals surface area (Å²) in [5.74, 6) is 1.25. The molecule has 5 heteroatoms. The smallest absolute Gasteiger partial charge is 0.180 e. The van der Waals surface area contributed by atoms with Crippen molar-refractivity contribution in [1.82, 2.24) is 15.0 Å². The van der Waals surface area contributed by atoms with Gasteiger partial charge >= 0.3 is 0 Å². The van der Waals surface area contributed by atoms with Crippen LogP contribution in [0.4, 0.5) is 11.5 Å². The first kappa shape index (κ1) is 10.6. The van der Waals surface area contributed by atoms with Crippen LogP contribution in [0.5, 0.6) is 0 Å². The van der Waals surface area contributed by atoms with Gasteiger partial charge in [0.25, 0.3) is 0 Å². The van der Waals surface area contributed by atoms with Crippen LogP contribution in [0.3, 0.4) is 0 Å². The van der Waals surface area contributed by atoms with Crippen LogP contribution in [0.1, 0.15) is 5.56 Å². The van der Waals surface area contributed by atoms with Crippen molar-refractivity contribution < 1.29 is 0 Å². The van der Waals surface area contributed by atoms with Crippen LogP contribution in [-0.4, -0.2) is 15.0 Å². The molecule has 18 heavy (non-hydrogen) atoms. The number of nitrogens with two attached hydrogens (primary N) is 2. The van der Waals surface area contributed by atoms with E-state index in [9.17, 15) is 0 Å². The first-order valence-electron chi connectivity index (χ1n) is 5.62. The lowest BCUT2D eigenvalue weighted by atomic mass is 10.1. The number of anilines is 2. The average molecular weight is 239 g/mol. The standard InChI is InChI=1S/C13H13N5/c1-7-6-8(14)2-3-9(7)12-16-10-4-5-11(15)17-13(10)18-12/h2-6H,14H2,1H3,(H3,15,16,17,18). The van der Waals surface area contributed by atoms with Crippen LogP contribution in [0.2, 0.25) is 0 Å². The molecule has 0 amide bonds. The number of nitrogens with zero attached hydrogens (tertiary/aromatic N) is 2. The van der Waals surface area contributed by atoms with E-state index in [1.807, 2.05) is 31.2 Å². The summed E-state index contributed by atoms with van der Waals surface area (Å²) in [4.78, 5) is 11.9. The van der Waals surface area contributed by atoms with Gasteiger partial charge in [0, 0.05) is 11.3 Å². The van der Waals surface area contributed by atoms with Gasteiger partial charge in [0.1, 0.15) is 11.6 Å². The second kappa shape index (κ2) is 3.73. The highest BCUT2D eigenvalue weighted by atomic mass is 15.0. The first-order chi connectivity index (χ1) is 8.63. The number of nitrogen functional groups attached to an aromatic ring is 2. The minimum atomic E-state index is 0.467. The number of aryl methyl sites for hydroxylation is 1. The molecule has 5 nitrogen and oxygen atoms in total. The Morgan fingerprint density at radius 2 is 1.89 bits per heavy atom. The zero-order chi connectivity index (χ0) is 12.7. The molecular weight excluding hydrogens is 226 g/mol. The summed E-state index contributed by atoms with van der Waals surface area (Å²) in [7, 11) is 0. The number of rotatable bonds is 1. The summed E-state index contributed by atoms with van der Waals surface area (Å²) >= 11 is 0. The Morgan fingerprint density at radius 1 is 1.06 bits per heavy atom. The predicted molar refractivity (Wildman–Crippen MR) is 72.9 cm³/mol. The van der Waals surface area contributed by atoms with Crippen LogP contribution in [0.15, 0.2) is 30.3 Å². The molecule has 0 bridgehead atoms. The van der Waals surface area contributed by atoms with Crippen molar-refractivity contribution in [1.29, 1.82) is 0 Å². The molecule has 0 spiro atoms. The minimum Gasteiger partial charge on any atom is -0.399 e. The third kappa shape index (κ3) is 1.66. The molecule has 0 aliphatic heterocycles. The third-order valence-corrected chi connectivity index (χ3v) is 2.87. The number of H-pyrrole nitrogens is 1. The second-order valence-corrected chi connectivity index (χ2v) is 4.27.